The van der Waals surface area contributed by atoms with Crippen LogP contribution in [0.5, 0.6) is 0 Å². The molecular formula is C14H20N2O2. The zero-order chi connectivity index (χ0) is 13.0. The molecule has 0 unspecified atom stereocenters. The molecule has 1 aliphatic carbocycles. The van der Waals surface area contributed by atoms with E-state index in [-0.39, 0.29) is 5.92 Å². The smallest absolute Gasteiger partial charge is 0.306 e. The third-order valence-corrected chi connectivity index (χ3v) is 3.83. The van der Waals surface area contributed by atoms with Crippen molar-refractivity contribution < 1.29 is 9.90 Å². The van der Waals surface area contributed by atoms with Gasteiger partial charge in [0.05, 0.1) is 5.92 Å². The first-order valence-electron chi connectivity index (χ1n) is 6.51. The number of carboxylic acid groups (broad SMARTS) is 1. The van der Waals surface area contributed by atoms with Crippen molar-refractivity contribution >= 4 is 11.7 Å². The monoisotopic (exact) mass is 248 g/mol. The summed E-state index contributed by atoms with van der Waals surface area (Å²) < 4.78 is 0. The van der Waals surface area contributed by atoms with Crippen molar-refractivity contribution in [3.8, 4) is 0 Å². The number of nitrogens with zero attached hydrogens (tertiary/aromatic N) is 2. The van der Waals surface area contributed by atoms with Crippen LogP contribution in [0, 0.1) is 11.8 Å². The lowest BCUT2D eigenvalue weighted by Crippen LogP contribution is -2.30. The third kappa shape index (κ3) is 3.22. The second-order valence-corrected chi connectivity index (χ2v) is 5.14. The van der Waals surface area contributed by atoms with E-state index in [2.05, 4.69) is 16.9 Å². The van der Waals surface area contributed by atoms with Gasteiger partial charge in [-0.1, -0.05) is 0 Å². The number of anilines is 1. The first-order chi connectivity index (χ1) is 8.66. The normalized spacial score (nSPS) is 23.6. The Balaban J connectivity index is 1.83. The highest BCUT2D eigenvalue weighted by Gasteiger charge is 2.26. The Bertz CT molecular complexity index is 386. The summed E-state index contributed by atoms with van der Waals surface area (Å²) in [7, 11) is 2.08. The molecule has 18 heavy (non-hydrogen) atoms. The first kappa shape index (κ1) is 12.9. The van der Waals surface area contributed by atoms with Gasteiger partial charge in [0.15, 0.2) is 0 Å². The maximum absolute atomic E-state index is 10.9. The van der Waals surface area contributed by atoms with Crippen molar-refractivity contribution in [3.05, 3.63) is 24.5 Å². The van der Waals surface area contributed by atoms with Crippen LogP contribution in [0.3, 0.4) is 0 Å². The molecule has 1 saturated carbocycles. The molecule has 1 aliphatic rings. The SMILES string of the molecule is CN(CC1CCC(C(=O)O)CC1)c1ccncc1. The zero-order valence-electron chi connectivity index (χ0n) is 10.7. The van der Waals surface area contributed by atoms with Gasteiger partial charge in [-0.15, -0.1) is 0 Å². The Kier molecular flexibility index (Phi) is 4.18. The van der Waals surface area contributed by atoms with E-state index in [1.54, 1.807) is 12.4 Å². The predicted molar refractivity (Wildman–Crippen MR) is 70.6 cm³/mol. The molecule has 1 aromatic rings. The summed E-state index contributed by atoms with van der Waals surface area (Å²) in [5.74, 6) is -0.137. The minimum absolute atomic E-state index is 0.118. The molecule has 0 atom stereocenters. The summed E-state index contributed by atoms with van der Waals surface area (Å²) in [6.45, 7) is 0.996. The highest BCUT2D eigenvalue weighted by atomic mass is 16.4. The number of pyridine rings is 1. The fraction of sp³-hybridized carbons (Fsp3) is 0.571. The van der Waals surface area contributed by atoms with Crippen molar-refractivity contribution in [3.63, 3.8) is 0 Å². The molecule has 2 rings (SSSR count). The average Bonchev–Trinajstić information content (AvgIpc) is 2.40. The maximum Gasteiger partial charge on any atom is 0.306 e. The topological polar surface area (TPSA) is 53.4 Å². The van der Waals surface area contributed by atoms with E-state index in [0.717, 1.165) is 32.2 Å². The van der Waals surface area contributed by atoms with Gasteiger partial charge in [-0.3, -0.25) is 9.78 Å². The molecule has 4 nitrogen and oxygen atoms in total. The lowest BCUT2D eigenvalue weighted by atomic mass is 9.82. The number of rotatable bonds is 4. The number of hydrogen-bond acceptors (Lipinski definition) is 3. The molecule has 0 radical (unpaired) electrons. The number of carboxylic acids is 1. The quantitative estimate of drug-likeness (QED) is 0.889. The third-order valence-electron chi connectivity index (χ3n) is 3.83. The van der Waals surface area contributed by atoms with Gasteiger partial charge < -0.3 is 10.0 Å². The summed E-state index contributed by atoms with van der Waals surface area (Å²) in [5, 5.41) is 8.97. The van der Waals surface area contributed by atoms with Crippen LogP contribution in [0.2, 0.25) is 0 Å². The fourth-order valence-electron chi connectivity index (χ4n) is 2.68. The van der Waals surface area contributed by atoms with Crippen LogP contribution >= 0.6 is 0 Å². The summed E-state index contributed by atoms with van der Waals surface area (Å²) in [6.07, 6.45) is 7.29. The number of aromatic nitrogens is 1. The summed E-state index contributed by atoms with van der Waals surface area (Å²) >= 11 is 0. The number of carbonyl (C=O) groups is 1. The van der Waals surface area contributed by atoms with Crippen molar-refractivity contribution in [2.24, 2.45) is 11.8 Å². The van der Waals surface area contributed by atoms with Gasteiger partial charge in [0, 0.05) is 31.7 Å². The Labute approximate surface area is 108 Å². The van der Waals surface area contributed by atoms with Gasteiger partial charge in [-0.2, -0.15) is 0 Å². The predicted octanol–water partition coefficient (Wildman–Crippen LogP) is 2.41. The summed E-state index contributed by atoms with van der Waals surface area (Å²) in [5.41, 5.74) is 1.17. The molecule has 4 heteroatoms. The molecule has 1 fully saturated rings. The number of hydrogen-bond donors (Lipinski definition) is 1. The van der Waals surface area contributed by atoms with Gasteiger partial charge >= 0.3 is 5.97 Å². The van der Waals surface area contributed by atoms with Gasteiger partial charge in [0.25, 0.3) is 0 Å². The minimum atomic E-state index is -0.629. The van der Waals surface area contributed by atoms with Crippen LogP contribution in [0.15, 0.2) is 24.5 Å². The molecule has 1 heterocycles. The van der Waals surface area contributed by atoms with Gasteiger partial charge in [-0.05, 0) is 43.7 Å². The van der Waals surface area contributed by atoms with E-state index in [1.165, 1.54) is 5.69 Å². The minimum Gasteiger partial charge on any atom is -0.481 e. The standard InChI is InChI=1S/C14H20N2O2/c1-16(13-6-8-15-9-7-13)10-11-2-4-12(5-3-11)14(17)18/h6-9,11-12H,2-5,10H2,1H3,(H,17,18). The lowest BCUT2D eigenvalue weighted by molar-refractivity contribution is -0.143. The van der Waals surface area contributed by atoms with E-state index in [4.69, 9.17) is 5.11 Å². The molecule has 0 spiro atoms. The van der Waals surface area contributed by atoms with Crippen molar-refractivity contribution in [2.75, 3.05) is 18.5 Å². The van der Waals surface area contributed by atoms with Gasteiger partial charge in [0.2, 0.25) is 0 Å². The number of aliphatic carboxylic acids is 1. The van der Waals surface area contributed by atoms with Gasteiger partial charge in [0.1, 0.15) is 0 Å². The molecule has 1 N–H and O–H groups in total. The van der Waals surface area contributed by atoms with E-state index in [0.29, 0.717) is 5.92 Å². The Hall–Kier alpha value is -1.58. The lowest BCUT2D eigenvalue weighted by Gasteiger charge is -2.30. The molecule has 0 aromatic carbocycles. The summed E-state index contributed by atoms with van der Waals surface area (Å²) in [4.78, 5) is 17.1. The summed E-state index contributed by atoms with van der Waals surface area (Å²) in [6, 6.07) is 4.01. The molecular weight excluding hydrogens is 228 g/mol. The molecule has 98 valence electrons. The van der Waals surface area contributed by atoms with Crippen LogP contribution in [0.25, 0.3) is 0 Å². The Morgan fingerprint density at radius 3 is 2.50 bits per heavy atom. The van der Waals surface area contributed by atoms with E-state index in [9.17, 15) is 4.79 Å². The highest BCUT2D eigenvalue weighted by Crippen LogP contribution is 2.30. The molecule has 0 saturated heterocycles. The van der Waals surface area contributed by atoms with Crippen molar-refractivity contribution in [1.29, 1.82) is 0 Å². The average molecular weight is 248 g/mol. The zero-order valence-corrected chi connectivity index (χ0v) is 10.7. The van der Waals surface area contributed by atoms with Crippen LogP contribution in [-0.4, -0.2) is 29.7 Å². The molecule has 0 amide bonds. The van der Waals surface area contributed by atoms with E-state index in [1.807, 2.05) is 12.1 Å². The van der Waals surface area contributed by atoms with Crippen LogP contribution in [0.1, 0.15) is 25.7 Å². The second kappa shape index (κ2) is 5.85. The van der Waals surface area contributed by atoms with Crippen molar-refractivity contribution in [2.45, 2.75) is 25.7 Å². The van der Waals surface area contributed by atoms with Gasteiger partial charge in [-0.25, -0.2) is 0 Å². The molecule has 0 bridgehead atoms. The molecule has 1 aromatic heterocycles. The molecule has 0 aliphatic heterocycles. The van der Waals surface area contributed by atoms with Crippen molar-refractivity contribution in [1.82, 2.24) is 4.98 Å². The second-order valence-electron chi connectivity index (χ2n) is 5.14. The fourth-order valence-corrected chi connectivity index (χ4v) is 2.68. The maximum atomic E-state index is 10.9. The Morgan fingerprint density at radius 1 is 1.33 bits per heavy atom. The van der Waals surface area contributed by atoms with Crippen LogP contribution in [0.4, 0.5) is 5.69 Å². The van der Waals surface area contributed by atoms with Crippen LogP contribution < -0.4 is 4.90 Å². The van der Waals surface area contributed by atoms with E-state index < -0.39 is 5.97 Å². The van der Waals surface area contributed by atoms with E-state index >= 15 is 0 Å². The van der Waals surface area contributed by atoms with Crippen LogP contribution in [-0.2, 0) is 4.79 Å². The first-order valence-corrected chi connectivity index (χ1v) is 6.51. The Morgan fingerprint density at radius 2 is 1.94 bits per heavy atom. The highest BCUT2D eigenvalue weighted by molar-refractivity contribution is 5.70. The largest absolute Gasteiger partial charge is 0.481 e.